The molecule has 6 heteroatoms. The highest BCUT2D eigenvalue weighted by Gasteiger charge is 2.31. The minimum atomic E-state index is -3.48. The van der Waals surface area contributed by atoms with Crippen LogP contribution >= 0.6 is 0 Å². The van der Waals surface area contributed by atoms with Gasteiger partial charge in [-0.3, -0.25) is 4.79 Å². The first kappa shape index (κ1) is 18.7. The molecular weight excluding hydrogens is 360 g/mol. The van der Waals surface area contributed by atoms with Gasteiger partial charge in [0, 0.05) is 32.6 Å². The standard InChI is InChI=1S/C21H28N2O3S/c24-21(15-17-5-1-2-6-17)22-11-13-23(14-12-22)27(25,26)20-10-9-18-7-3-4-8-19(18)16-20/h1,5,9-10,16-17H,2-4,6-8,11-15H2/t17-/m0/s1. The van der Waals surface area contributed by atoms with Gasteiger partial charge in [0.05, 0.1) is 4.90 Å². The summed E-state index contributed by atoms with van der Waals surface area (Å²) in [6.45, 7) is 1.73. The molecule has 27 heavy (non-hydrogen) atoms. The largest absolute Gasteiger partial charge is 0.340 e. The van der Waals surface area contributed by atoms with Crippen LogP contribution in [0.15, 0.2) is 35.2 Å². The van der Waals surface area contributed by atoms with Crippen molar-refractivity contribution in [3.05, 3.63) is 41.5 Å². The number of benzene rings is 1. The lowest BCUT2D eigenvalue weighted by Crippen LogP contribution is -2.50. The predicted octanol–water partition coefficient (Wildman–Crippen LogP) is 2.75. The minimum absolute atomic E-state index is 0.150. The molecule has 0 bridgehead atoms. The molecule has 1 amide bonds. The number of hydrogen-bond acceptors (Lipinski definition) is 3. The van der Waals surface area contributed by atoms with Crippen molar-refractivity contribution < 1.29 is 13.2 Å². The molecular formula is C21H28N2O3S. The molecule has 2 aliphatic carbocycles. The number of carbonyl (C=O) groups is 1. The Morgan fingerprint density at radius 2 is 1.78 bits per heavy atom. The summed E-state index contributed by atoms with van der Waals surface area (Å²) in [5.74, 6) is 0.507. The molecule has 0 spiro atoms. The summed E-state index contributed by atoms with van der Waals surface area (Å²) in [6.07, 6.45) is 11.3. The number of amides is 1. The quantitative estimate of drug-likeness (QED) is 0.745. The van der Waals surface area contributed by atoms with Gasteiger partial charge in [-0.2, -0.15) is 4.31 Å². The number of sulfonamides is 1. The Morgan fingerprint density at radius 1 is 1.04 bits per heavy atom. The average Bonchev–Trinajstić information content (AvgIpc) is 3.20. The molecule has 1 heterocycles. The van der Waals surface area contributed by atoms with Gasteiger partial charge in [-0.25, -0.2) is 8.42 Å². The maximum Gasteiger partial charge on any atom is 0.243 e. The summed E-state index contributed by atoms with van der Waals surface area (Å²) in [5.41, 5.74) is 2.47. The summed E-state index contributed by atoms with van der Waals surface area (Å²) >= 11 is 0. The molecule has 1 aliphatic heterocycles. The normalized spacial score (nSPS) is 23.4. The monoisotopic (exact) mass is 388 g/mol. The van der Waals surface area contributed by atoms with Gasteiger partial charge in [0.15, 0.2) is 0 Å². The van der Waals surface area contributed by atoms with E-state index < -0.39 is 10.0 Å². The van der Waals surface area contributed by atoms with Crippen LogP contribution in [0, 0.1) is 5.92 Å². The van der Waals surface area contributed by atoms with Gasteiger partial charge < -0.3 is 4.90 Å². The fraction of sp³-hybridized carbons (Fsp3) is 0.571. The summed E-state index contributed by atoms with van der Waals surface area (Å²) in [6, 6.07) is 5.60. The Labute approximate surface area is 162 Å². The molecule has 1 fully saturated rings. The fourth-order valence-corrected chi connectivity index (χ4v) is 5.89. The van der Waals surface area contributed by atoms with E-state index in [1.165, 1.54) is 21.9 Å². The second-order valence-corrected chi connectivity index (χ2v) is 9.83. The molecule has 1 saturated heterocycles. The molecule has 5 nitrogen and oxygen atoms in total. The molecule has 0 unspecified atom stereocenters. The van der Waals surface area contributed by atoms with E-state index in [0.29, 0.717) is 43.4 Å². The van der Waals surface area contributed by atoms with Crippen LogP contribution in [-0.4, -0.2) is 49.7 Å². The summed E-state index contributed by atoms with van der Waals surface area (Å²) < 4.78 is 27.6. The van der Waals surface area contributed by atoms with Gasteiger partial charge in [0.1, 0.15) is 0 Å². The third-order valence-electron chi connectivity index (χ3n) is 6.10. The Hall–Kier alpha value is -1.66. The highest BCUT2D eigenvalue weighted by Crippen LogP contribution is 2.27. The van der Waals surface area contributed by atoms with Crippen molar-refractivity contribution in [2.75, 3.05) is 26.2 Å². The van der Waals surface area contributed by atoms with Crippen molar-refractivity contribution in [2.24, 2.45) is 5.92 Å². The zero-order valence-corrected chi connectivity index (χ0v) is 16.6. The number of aryl methyl sites for hydroxylation is 2. The number of hydrogen-bond donors (Lipinski definition) is 0. The smallest absolute Gasteiger partial charge is 0.243 e. The number of allylic oxidation sites excluding steroid dienone is 2. The van der Waals surface area contributed by atoms with Gasteiger partial charge in [0.2, 0.25) is 15.9 Å². The van der Waals surface area contributed by atoms with Gasteiger partial charge in [-0.05, 0) is 67.7 Å². The zero-order chi connectivity index (χ0) is 18.9. The van der Waals surface area contributed by atoms with Crippen LogP contribution in [-0.2, 0) is 27.7 Å². The Kier molecular flexibility index (Phi) is 5.37. The van der Waals surface area contributed by atoms with Gasteiger partial charge >= 0.3 is 0 Å². The van der Waals surface area contributed by atoms with Gasteiger partial charge in [-0.1, -0.05) is 18.2 Å². The number of fused-ring (bicyclic) bond motifs is 1. The van der Waals surface area contributed by atoms with Crippen LogP contribution in [0.5, 0.6) is 0 Å². The molecule has 0 saturated carbocycles. The summed E-state index contributed by atoms with van der Waals surface area (Å²) in [4.78, 5) is 14.7. The second-order valence-electron chi connectivity index (χ2n) is 7.89. The number of rotatable bonds is 4. The molecule has 3 aliphatic rings. The van der Waals surface area contributed by atoms with E-state index in [0.717, 1.165) is 32.1 Å². The fourth-order valence-electron chi connectivity index (χ4n) is 4.42. The molecule has 1 aromatic carbocycles. The maximum absolute atomic E-state index is 13.0. The third kappa shape index (κ3) is 3.97. The molecule has 1 atom stereocenters. The maximum atomic E-state index is 13.0. The van der Waals surface area contributed by atoms with Crippen molar-refractivity contribution in [2.45, 2.75) is 49.8 Å². The predicted molar refractivity (Wildman–Crippen MR) is 105 cm³/mol. The van der Waals surface area contributed by atoms with Crippen LogP contribution in [0.4, 0.5) is 0 Å². The third-order valence-corrected chi connectivity index (χ3v) is 7.99. The second kappa shape index (κ2) is 7.76. The van der Waals surface area contributed by atoms with Crippen LogP contribution in [0.3, 0.4) is 0 Å². The van der Waals surface area contributed by atoms with E-state index in [1.54, 1.807) is 6.07 Å². The van der Waals surface area contributed by atoms with E-state index in [2.05, 4.69) is 12.2 Å². The van der Waals surface area contributed by atoms with Gasteiger partial charge in [-0.15, -0.1) is 0 Å². The van der Waals surface area contributed by atoms with Crippen LogP contribution < -0.4 is 0 Å². The summed E-state index contributed by atoms with van der Waals surface area (Å²) in [5, 5.41) is 0. The van der Waals surface area contributed by atoms with Crippen molar-refractivity contribution in [3.63, 3.8) is 0 Å². The molecule has 4 rings (SSSR count). The molecule has 0 radical (unpaired) electrons. The highest BCUT2D eigenvalue weighted by molar-refractivity contribution is 7.89. The first-order chi connectivity index (χ1) is 13.0. The van der Waals surface area contributed by atoms with E-state index >= 15 is 0 Å². The van der Waals surface area contributed by atoms with Crippen molar-refractivity contribution in [1.29, 1.82) is 0 Å². The first-order valence-corrected chi connectivity index (χ1v) is 11.5. The zero-order valence-electron chi connectivity index (χ0n) is 15.8. The van der Waals surface area contributed by atoms with Crippen molar-refractivity contribution in [3.8, 4) is 0 Å². The summed E-state index contributed by atoms with van der Waals surface area (Å²) in [7, 11) is -3.48. The molecule has 0 aromatic heterocycles. The topological polar surface area (TPSA) is 57.7 Å². The molecule has 1 aromatic rings. The lowest BCUT2D eigenvalue weighted by atomic mass is 9.92. The Balaban J connectivity index is 1.39. The van der Waals surface area contributed by atoms with E-state index in [-0.39, 0.29) is 5.91 Å². The van der Waals surface area contributed by atoms with E-state index in [9.17, 15) is 13.2 Å². The number of carbonyl (C=O) groups excluding carboxylic acids is 1. The molecule has 0 N–H and O–H groups in total. The SMILES string of the molecule is O=C(C[C@H]1C=CCC1)N1CCN(S(=O)(=O)c2ccc3c(c2)CCCC3)CC1. The van der Waals surface area contributed by atoms with E-state index in [1.807, 2.05) is 17.0 Å². The number of nitrogens with zero attached hydrogens (tertiary/aromatic N) is 2. The Bertz CT molecular complexity index is 839. The lowest BCUT2D eigenvalue weighted by Gasteiger charge is -2.34. The highest BCUT2D eigenvalue weighted by atomic mass is 32.2. The minimum Gasteiger partial charge on any atom is -0.340 e. The van der Waals surface area contributed by atoms with Crippen molar-refractivity contribution in [1.82, 2.24) is 9.21 Å². The van der Waals surface area contributed by atoms with Crippen LogP contribution in [0.1, 0.15) is 43.2 Å². The molecule has 146 valence electrons. The number of piperazine rings is 1. The van der Waals surface area contributed by atoms with Crippen LogP contribution in [0.25, 0.3) is 0 Å². The van der Waals surface area contributed by atoms with Gasteiger partial charge in [0.25, 0.3) is 0 Å². The van der Waals surface area contributed by atoms with Crippen LogP contribution in [0.2, 0.25) is 0 Å². The lowest BCUT2D eigenvalue weighted by molar-refractivity contribution is -0.133. The Morgan fingerprint density at radius 3 is 2.48 bits per heavy atom. The average molecular weight is 389 g/mol. The van der Waals surface area contributed by atoms with Crippen molar-refractivity contribution >= 4 is 15.9 Å². The van der Waals surface area contributed by atoms with E-state index in [4.69, 9.17) is 0 Å². The first-order valence-electron chi connectivity index (χ1n) is 10.1.